The van der Waals surface area contributed by atoms with Gasteiger partial charge in [-0.3, -0.25) is 4.99 Å². The van der Waals surface area contributed by atoms with E-state index in [1.54, 1.807) is 18.5 Å². The quantitative estimate of drug-likeness (QED) is 0.904. The molecule has 1 unspecified atom stereocenters. The van der Waals surface area contributed by atoms with E-state index in [2.05, 4.69) is 4.99 Å². The molecule has 1 fully saturated rings. The highest BCUT2D eigenvalue weighted by Crippen LogP contribution is 2.46. The second kappa shape index (κ2) is 5.11. The summed E-state index contributed by atoms with van der Waals surface area (Å²) in [6.07, 6.45) is 7.26. The molecule has 1 N–H and O–H groups in total. The van der Waals surface area contributed by atoms with Crippen LogP contribution in [0, 0.1) is 5.82 Å². The Morgan fingerprint density at radius 1 is 1.33 bits per heavy atom. The third-order valence-electron chi connectivity index (χ3n) is 4.03. The van der Waals surface area contributed by atoms with Gasteiger partial charge >= 0.3 is 0 Å². The van der Waals surface area contributed by atoms with Gasteiger partial charge < -0.3 is 9.52 Å². The minimum absolute atomic E-state index is 0. The molecule has 0 radical (unpaired) electrons. The number of allylic oxidation sites excluding steroid dienone is 1. The number of halogens is 1. The fraction of sp³-hybridized carbons (Fsp3) is 0.353. The number of aliphatic hydroxyl groups excluding tert-OH is 1. The summed E-state index contributed by atoms with van der Waals surface area (Å²) >= 11 is 0. The van der Waals surface area contributed by atoms with Crippen LogP contribution < -0.4 is 0 Å². The van der Waals surface area contributed by atoms with Crippen molar-refractivity contribution < 1.29 is 13.9 Å². The Hall–Kier alpha value is -1.94. The smallest absolute Gasteiger partial charge is 0.170 e. The van der Waals surface area contributed by atoms with Gasteiger partial charge in [0.1, 0.15) is 6.10 Å². The van der Waals surface area contributed by atoms with E-state index >= 15 is 0 Å². The van der Waals surface area contributed by atoms with Crippen molar-refractivity contribution in [2.45, 2.75) is 38.7 Å². The maximum Gasteiger partial charge on any atom is 0.170 e. The number of aliphatic imine (C=N–C) groups is 1. The second-order valence-corrected chi connectivity index (χ2v) is 5.42. The molecule has 110 valence electrons. The molecule has 4 heteroatoms. The van der Waals surface area contributed by atoms with Crippen LogP contribution in [0.5, 0.6) is 0 Å². The molecule has 2 heterocycles. The number of fused-ring (bicyclic) bond motifs is 1. The summed E-state index contributed by atoms with van der Waals surface area (Å²) < 4.78 is 19.3. The Bertz CT molecular complexity index is 741. The maximum absolute atomic E-state index is 13.9. The van der Waals surface area contributed by atoms with Crippen LogP contribution in [-0.4, -0.2) is 10.8 Å². The van der Waals surface area contributed by atoms with Crippen molar-refractivity contribution in [1.82, 2.24) is 0 Å². The molecule has 0 amide bonds. The molecule has 3 nitrogen and oxygen atoms in total. The van der Waals surface area contributed by atoms with Crippen LogP contribution in [0.25, 0.3) is 11.0 Å². The Balaban J connectivity index is 0.00000132. The molecule has 2 aromatic rings. The summed E-state index contributed by atoms with van der Waals surface area (Å²) in [6, 6.07) is 2.99. The fourth-order valence-corrected chi connectivity index (χ4v) is 2.83. The van der Waals surface area contributed by atoms with Crippen LogP contribution in [0.2, 0.25) is 0 Å². The van der Waals surface area contributed by atoms with Crippen molar-refractivity contribution in [3.63, 3.8) is 0 Å². The van der Waals surface area contributed by atoms with Crippen LogP contribution in [0.4, 0.5) is 4.39 Å². The van der Waals surface area contributed by atoms with Gasteiger partial charge in [-0.05, 0) is 30.4 Å². The van der Waals surface area contributed by atoms with Gasteiger partial charge in [-0.2, -0.15) is 0 Å². The van der Waals surface area contributed by atoms with Crippen LogP contribution in [0.15, 0.2) is 40.1 Å². The Kier molecular flexibility index (Phi) is 3.41. The van der Waals surface area contributed by atoms with Gasteiger partial charge in [0.2, 0.25) is 0 Å². The molecule has 0 spiro atoms. The van der Waals surface area contributed by atoms with Crippen molar-refractivity contribution >= 4 is 16.7 Å². The number of aliphatic hydroxyl groups is 1. The van der Waals surface area contributed by atoms with Crippen LogP contribution in [0.3, 0.4) is 0 Å². The van der Waals surface area contributed by atoms with Gasteiger partial charge in [0.15, 0.2) is 11.4 Å². The molecule has 1 aromatic heterocycles. The average molecular weight is 287 g/mol. The number of benzene rings is 1. The zero-order valence-electron chi connectivity index (χ0n) is 10.8. The fourth-order valence-electron chi connectivity index (χ4n) is 2.83. The number of rotatable bonds is 3. The number of hydrogen-bond donors (Lipinski definition) is 1. The lowest BCUT2D eigenvalue weighted by Crippen LogP contribution is -2.10. The largest absolute Gasteiger partial charge is 0.461 e. The van der Waals surface area contributed by atoms with E-state index in [0.29, 0.717) is 23.6 Å². The van der Waals surface area contributed by atoms with E-state index in [9.17, 15) is 9.50 Å². The van der Waals surface area contributed by atoms with E-state index in [1.807, 2.05) is 6.08 Å². The summed E-state index contributed by atoms with van der Waals surface area (Å²) in [4.78, 5) is 4.18. The summed E-state index contributed by atoms with van der Waals surface area (Å²) in [6.45, 7) is 0. The molecule has 1 atom stereocenters. The normalized spacial score (nSPS) is 18.7. The topological polar surface area (TPSA) is 45.7 Å². The Labute approximate surface area is 122 Å². The van der Waals surface area contributed by atoms with Crippen molar-refractivity contribution in [3.05, 3.63) is 47.6 Å². The first-order valence-corrected chi connectivity index (χ1v) is 6.85. The lowest BCUT2D eigenvalue weighted by atomic mass is 9.96. The van der Waals surface area contributed by atoms with Crippen LogP contribution in [0.1, 0.15) is 49.8 Å². The van der Waals surface area contributed by atoms with E-state index < -0.39 is 6.10 Å². The number of furan rings is 1. The third kappa shape index (κ3) is 2.20. The van der Waals surface area contributed by atoms with Crippen LogP contribution >= 0.6 is 0 Å². The first kappa shape index (κ1) is 14.0. The van der Waals surface area contributed by atoms with Crippen molar-refractivity contribution in [3.8, 4) is 0 Å². The lowest BCUT2D eigenvalue weighted by Gasteiger charge is -2.13. The molecular formula is C17H18FNO2. The molecule has 2 aliphatic rings. The number of hydrogen-bond acceptors (Lipinski definition) is 3. The average Bonchev–Trinajstić information content (AvgIpc) is 2.99. The molecule has 1 aliphatic carbocycles. The van der Waals surface area contributed by atoms with E-state index in [1.165, 1.54) is 6.07 Å². The summed E-state index contributed by atoms with van der Waals surface area (Å²) in [5.74, 6) is 0.0574. The van der Waals surface area contributed by atoms with Gasteiger partial charge in [-0.25, -0.2) is 4.39 Å². The SMILES string of the molecule is C.OC(C1=NC=CC1)c1ccc(F)c2occ(C3CC3)c12. The Morgan fingerprint density at radius 3 is 2.81 bits per heavy atom. The maximum atomic E-state index is 13.9. The molecule has 4 rings (SSSR count). The first-order valence-electron chi connectivity index (χ1n) is 6.85. The van der Waals surface area contributed by atoms with E-state index in [4.69, 9.17) is 4.42 Å². The minimum Gasteiger partial charge on any atom is -0.461 e. The Morgan fingerprint density at radius 2 is 2.14 bits per heavy atom. The van der Waals surface area contributed by atoms with Gasteiger partial charge in [0.25, 0.3) is 0 Å². The highest BCUT2D eigenvalue weighted by molar-refractivity contribution is 5.97. The summed E-state index contributed by atoms with van der Waals surface area (Å²) in [7, 11) is 0. The molecule has 21 heavy (non-hydrogen) atoms. The van der Waals surface area contributed by atoms with Gasteiger partial charge in [-0.15, -0.1) is 0 Å². The van der Waals surface area contributed by atoms with E-state index in [0.717, 1.165) is 23.8 Å². The zero-order chi connectivity index (χ0) is 13.7. The monoisotopic (exact) mass is 287 g/mol. The molecule has 1 aliphatic heterocycles. The minimum atomic E-state index is -0.803. The summed E-state index contributed by atoms with van der Waals surface area (Å²) in [5, 5.41) is 11.3. The zero-order valence-corrected chi connectivity index (χ0v) is 10.8. The molecule has 0 bridgehead atoms. The van der Waals surface area contributed by atoms with Crippen LogP contribution in [-0.2, 0) is 0 Å². The van der Waals surface area contributed by atoms with Crippen molar-refractivity contribution in [2.75, 3.05) is 0 Å². The lowest BCUT2D eigenvalue weighted by molar-refractivity contribution is 0.247. The van der Waals surface area contributed by atoms with Gasteiger partial charge in [0.05, 0.1) is 12.0 Å². The highest BCUT2D eigenvalue weighted by atomic mass is 19.1. The first-order chi connectivity index (χ1) is 9.75. The standard InChI is InChI=1S/C16H14FNO2.CH4/c17-12-6-5-10(15(19)13-2-1-7-18-13)14-11(9-3-4-9)8-20-16(12)14;/h1,5-9,15,19H,2-4H2;1H4. The molecule has 1 aromatic carbocycles. The highest BCUT2D eigenvalue weighted by Gasteiger charge is 2.31. The van der Waals surface area contributed by atoms with Gasteiger partial charge in [-0.1, -0.05) is 19.6 Å². The molecule has 1 saturated carbocycles. The predicted molar refractivity (Wildman–Crippen MR) is 81.0 cm³/mol. The van der Waals surface area contributed by atoms with Gasteiger partial charge in [0, 0.05) is 23.6 Å². The summed E-state index contributed by atoms with van der Waals surface area (Å²) in [5.41, 5.74) is 2.65. The third-order valence-corrected chi connectivity index (χ3v) is 4.03. The second-order valence-electron chi connectivity index (χ2n) is 5.42. The predicted octanol–water partition coefficient (Wildman–Crippen LogP) is 4.48. The molecular weight excluding hydrogens is 269 g/mol. The number of nitrogens with zero attached hydrogens (tertiary/aromatic N) is 1. The van der Waals surface area contributed by atoms with Crippen molar-refractivity contribution in [1.29, 1.82) is 0 Å². The van der Waals surface area contributed by atoms with E-state index in [-0.39, 0.29) is 18.8 Å². The molecule has 0 saturated heterocycles. The van der Waals surface area contributed by atoms with Crippen molar-refractivity contribution in [2.24, 2.45) is 4.99 Å².